The van der Waals surface area contributed by atoms with Gasteiger partial charge in [-0.2, -0.15) is 0 Å². The first-order chi connectivity index (χ1) is 9.36. The Bertz CT molecular complexity index is 557. The van der Waals surface area contributed by atoms with Gasteiger partial charge in [0.15, 0.2) is 0 Å². The predicted molar refractivity (Wildman–Crippen MR) is 76.7 cm³/mol. The molecule has 1 aliphatic heterocycles. The zero-order valence-corrected chi connectivity index (χ0v) is 12.5. The number of aromatic nitrogens is 2. The topological polar surface area (TPSA) is 78.1 Å². The van der Waals surface area contributed by atoms with Gasteiger partial charge in [0, 0.05) is 36.4 Å². The molecule has 0 aliphatic carbocycles. The average Bonchev–Trinajstić information content (AvgIpc) is 2.32. The number of carbonyl (C=O) groups is 1. The van der Waals surface area contributed by atoms with Crippen molar-refractivity contribution in [1.29, 1.82) is 0 Å². The van der Waals surface area contributed by atoms with E-state index in [0.29, 0.717) is 30.2 Å². The number of hydrogen-bond donors (Lipinski definition) is 2. The highest BCUT2D eigenvalue weighted by atomic mass is 16.2. The molecular weight excluding hydrogens is 256 g/mol. The van der Waals surface area contributed by atoms with Crippen molar-refractivity contribution in [2.24, 2.45) is 0 Å². The van der Waals surface area contributed by atoms with Crippen molar-refractivity contribution in [2.75, 3.05) is 13.1 Å². The summed E-state index contributed by atoms with van der Waals surface area (Å²) in [5.74, 6) is 0.567. The van der Waals surface area contributed by atoms with Crippen LogP contribution in [0.15, 0.2) is 4.79 Å². The monoisotopic (exact) mass is 278 g/mol. The highest BCUT2D eigenvalue weighted by Gasteiger charge is 2.25. The molecule has 110 valence electrons. The summed E-state index contributed by atoms with van der Waals surface area (Å²) in [6.07, 6.45) is 0.119. The standard InChI is InChI=1S/C14H22N4O2/c1-8-6-18(7-9(2)15-8)13(19)5-12-10(3)16-11(4)17-14(12)20/h8-9,15H,5-7H2,1-4H3,(H,16,17,20)/t8-,9-/m1/s1. The zero-order valence-electron chi connectivity index (χ0n) is 12.5. The molecular formula is C14H22N4O2. The lowest BCUT2D eigenvalue weighted by atomic mass is 10.1. The molecule has 0 aromatic carbocycles. The van der Waals surface area contributed by atoms with Gasteiger partial charge in [-0.3, -0.25) is 9.59 Å². The molecule has 1 aromatic rings. The molecule has 0 bridgehead atoms. The maximum atomic E-state index is 12.4. The zero-order chi connectivity index (χ0) is 14.9. The first-order valence-corrected chi connectivity index (χ1v) is 6.97. The maximum Gasteiger partial charge on any atom is 0.254 e. The van der Waals surface area contributed by atoms with Gasteiger partial charge < -0.3 is 15.2 Å². The third-order valence-electron chi connectivity index (χ3n) is 3.58. The van der Waals surface area contributed by atoms with Gasteiger partial charge in [-0.25, -0.2) is 4.98 Å². The van der Waals surface area contributed by atoms with E-state index in [2.05, 4.69) is 29.1 Å². The summed E-state index contributed by atoms with van der Waals surface area (Å²) in [5, 5.41) is 3.38. The Balaban J connectivity index is 2.14. The molecule has 6 heteroatoms. The Kier molecular flexibility index (Phi) is 4.23. The number of H-pyrrole nitrogens is 1. The number of carbonyl (C=O) groups excluding carboxylic acids is 1. The summed E-state index contributed by atoms with van der Waals surface area (Å²) in [6.45, 7) is 8.98. The number of aryl methyl sites for hydroxylation is 2. The van der Waals surface area contributed by atoms with Crippen LogP contribution in [-0.4, -0.2) is 45.9 Å². The number of aromatic amines is 1. The number of rotatable bonds is 2. The van der Waals surface area contributed by atoms with Gasteiger partial charge >= 0.3 is 0 Å². The van der Waals surface area contributed by atoms with Crippen LogP contribution in [0.2, 0.25) is 0 Å². The largest absolute Gasteiger partial charge is 0.339 e. The maximum absolute atomic E-state index is 12.4. The minimum absolute atomic E-state index is 0.00977. The average molecular weight is 278 g/mol. The lowest BCUT2D eigenvalue weighted by Gasteiger charge is -2.36. The molecule has 2 heterocycles. The number of nitrogens with one attached hydrogen (secondary N) is 2. The van der Waals surface area contributed by atoms with E-state index in [1.54, 1.807) is 13.8 Å². The third kappa shape index (κ3) is 3.25. The molecule has 1 aliphatic rings. The molecule has 1 amide bonds. The molecule has 0 spiro atoms. The molecule has 2 atom stereocenters. The van der Waals surface area contributed by atoms with Crippen LogP contribution in [-0.2, 0) is 11.2 Å². The highest BCUT2D eigenvalue weighted by Crippen LogP contribution is 2.08. The van der Waals surface area contributed by atoms with Crippen LogP contribution >= 0.6 is 0 Å². The van der Waals surface area contributed by atoms with Crippen molar-refractivity contribution in [1.82, 2.24) is 20.2 Å². The van der Waals surface area contributed by atoms with Crippen molar-refractivity contribution in [2.45, 2.75) is 46.2 Å². The second-order valence-electron chi connectivity index (χ2n) is 5.66. The second kappa shape index (κ2) is 5.75. The van der Waals surface area contributed by atoms with Crippen molar-refractivity contribution in [3.05, 3.63) is 27.4 Å². The highest BCUT2D eigenvalue weighted by molar-refractivity contribution is 5.79. The fraction of sp³-hybridized carbons (Fsp3) is 0.643. The van der Waals surface area contributed by atoms with Gasteiger partial charge in [-0.15, -0.1) is 0 Å². The van der Waals surface area contributed by atoms with Crippen LogP contribution < -0.4 is 10.9 Å². The van der Waals surface area contributed by atoms with Crippen molar-refractivity contribution < 1.29 is 4.79 Å². The number of amides is 1. The minimum Gasteiger partial charge on any atom is -0.339 e. The number of nitrogens with zero attached hydrogens (tertiary/aromatic N) is 2. The van der Waals surface area contributed by atoms with E-state index in [-0.39, 0.29) is 30.0 Å². The molecule has 2 rings (SSSR count). The Morgan fingerprint density at radius 3 is 2.45 bits per heavy atom. The van der Waals surface area contributed by atoms with E-state index in [9.17, 15) is 9.59 Å². The summed E-state index contributed by atoms with van der Waals surface area (Å²) in [7, 11) is 0. The summed E-state index contributed by atoms with van der Waals surface area (Å²) in [5.41, 5.74) is 0.898. The van der Waals surface area contributed by atoms with E-state index in [1.807, 2.05) is 4.90 Å². The Morgan fingerprint density at radius 1 is 1.30 bits per heavy atom. The van der Waals surface area contributed by atoms with Gasteiger partial charge in [0.25, 0.3) is 5.56 Å². The fourth-order valence-corrected chi connectivity index (χ4v) is 2.75. The second-order valence-corrected chi connectivity index (χ2v) is 5.66. The first-order valence-electron chi connectivity index (χ1n) is 6.97. The summed E-state index contributed by atoms with van der Waals surface area (Å²) < 4.78 is 0. The van der Waals surface area contributed by atoms with Gasteiger partial charge in [0.05, 0.1) is 6.42 Å². The van der Waals surface area contributed by atoms with Gasteiger partial charge in [-0.05, 0) is 27.7 Å². The third-order valence-corrected chi connectivity index (χ3v) is 3.58. The van der Waals surface area contributed by atoms with Crippen molar-refractivity contribution in [3.8, 4) is 0 Å². The Hall–Kier alpha value is -1.69. The summed E-state index contributed by atoms with van der Waals surface area (Å²) >= 11 is 0. The summed E-state index contributed by atoms with van der Waals surface area (Å²) in [4.78, 5) is 33.0. The molecule has 2 N–H and O–H groups in total. The SMILES string of the molecule is Cc1nc(C)c(CC(=O)N2C[C@@H](C)N[C@H](C)C2)c(=O)[nH]1. The van der Waals surface area contributed by atoms with Gasteiger partial charge in [-0.1, -0.05) is 0 Å². The molecule has 0 radical (unpaired) electrons. The normalized spacial score (nSPS) is 22.9. The molecule has 1 fully saturated rings. The molecule has 0 unspecified atom stereocenters. The molecule has 1 saturated heterocycles. The quantitative estimate of drug-likeness (QED) is 0.806. The number of piperazine rings is 1. The first kappa shape index (κ1) is 14.7. The van der Waals surface area contributed by atoms with E-state index in [0.717, 1.165) is 0 Å². The van der Waals surface area contributed by atoms with Crippen LogP contribution in [0.4, 0.5) is 0 Å². The van der Waals surface area contributed by atoms with E-state index >= 15 is 0 Å². The smallest absolute Gasteiger partial charge is 0.254 e. The Morgan fingerprint density at radius 2 is 1.90 bits per heavy atom. The van der Waals surface area contributed by atoms with Crippen molar-refractivity contribution >= 4 is 5.91 Å². The van der Waals surface area contributed by atoms with E-state index in [1.165, 1.54) is 0 Å². The minimum atomic E-state index is -0.209. The lowest BCUT2D eigenvalue weighted by Crippen LogP contribution is -2.56. The van der Waals surface area contributed by atoms with Crippen LogP contribution in [0.5, 0.6) is 0 Å². The Labute approximate surface area is 118 Å². The lowest BCUT2D eigenvalue weighted by molar-refractivity contribution is -0.132. The van der Waals surface area contributed by atoms with Gasteiger partial charge in [0.1, 0.15) is 5.82 Å². The van der Waals surface area contributed by atoms with Crippen LogP contribution in [0.1, 0.15) is 30.9 Å². The van der Waals surface area contributed by atoms with E-state index in [4.69, 9.17) is 0 Å². The van der Waals surface area contributed by atoms with Crippen LogP contribution in [0.25, 0.3) is 0 Å². The molecule has 0 saturated carbocycles. The van der Waals surface area contributed by atoms with Gasteiger partial charge in [0.2, 0.25) is 5.91 Å². The number of hydrogen-bond acceptors (Lipinski definition) is 4. The molecule has 6 nitrogen and oxygen atoms in total. The molecule has 20 heavy (non-hydrogen) atoms. The summed E-state index contributed by atoms with van der Waals surface area (Å²) in [6, 6.07) is 0.552. The van der Waals surface area contributed by atoms with Crippen molar-refractivity contribution in [3.63, 3.8) is 0 Å². The fourth-order valence-electron chi connectivity index (χ4n) is 2.75. The molecule has 1 aromatic heterocycles. The van der Waals surface area contributed by atoms with Crippen LogP contribution in [0.3, 0.4) is 0 Å². The van der Waals surface area contributed by atoms with Crippen LogP contribution in [0, 0.1) is 13.8 Å². The predicted octanol–water partition coefficient (Wildman–Crippen LogP) is 0.138. The van der Waals surface area contributed by atoms with E-state index < -0.39 is 0 Å².